The first-order chi connectivity index (χ1) is 18.2. The fraction of sp³-hybridized carbons (Fsp3) is 0.0345. The number of hydrogen-bond acceptors (Lipinski definition) is 4. The van der Waals surface area contributed by atoms with Gasteiger partial charge in [-0.05, 0) is 60.2 Å². The normalized spacial score (nSPS) is 11.5. The van der Waals surface area contributed by atoms with Crippen LogP contribution in [0.5, 0.6) is 11.5 Å². The van der Waals surface area contributed by atoms with Crippen molar-refractivity contribution < 1.29 is 22.7 Å². The van der Waals surface area contributed by atoms with Gasteiger partial charge in [-0.15, -0.1) is 0 Å². The molecule has 0 radical (unpaired) electrons. The zero-order valence-electron chi connectivity index (χ0n) is 19.7. The predicted octanol–water partition coefficient (Wildman–Crippen LogP) is 8.42. The van der Waals surface area contributed by atoms with Crippen LogP contribution in [0, 0.1) is 5.41 Å². The summed E-state index contributed by atoms with van der Waals surface area (Å²) in [5.74, 6) is 0.775. The van der Waals surface area contributed by atoms with Crippen molar-refractivity contribution in [3.63, 3.8) is 0 Å². The Kier molecular flexibility index (Phi) is 8.13. The van der Waals surface area contributed by atoms with Crippen LogP contribution in [0.4, 0.5) is 24.5 Å². The largest absolute Gasteiger partial charge is 0.457 e. The molecule has 0 unspecified atom stereocenters. The van der Waals surface area contributed by atoms with Gasteiger partial charge in [-0.25, -0.2) is 0 Å². The predicted molar refractivity (Wildman–Crippen MR) is 144 cm³/mol. The third kappa shape index (κ3) is 7.02. The first-order valence-electron chi connectivity index (χ1n) is 11.3. The Balaban J connectivity index is 1.52. The highest BCUT2D eigenvalue weighted by Crippen LogP contribution is 2.28. The highest BCUT2D eigenvalue weighted by molar-refractivity contribution is 6.33. The van der Waals surface area contributed by atoms with Gasteiger partial charge < -0.3 is 15.4 Å². The summed E-state index contributed by atoms with van der Waals surface area (Å²) in [5, 5.41) is 13.4. The Morgan fingerprint density at radius 1 is 0.789 bits per heavy atom. The molecular formula is C29H21ClF3N3O2. The standard InChI is InChI=1S/C29H21ClF3N3O2/c30-24-11-4-5-12-25(24)36-26(18-27(34)29(31,32)33)19-13-15-20(16-14-19)28(37)35-21-7-6-10-23(17-21)38-22-8-2-1-3-9-22/h1-18,34,36H,(H,35,37)/b26-18-,34-27?. The summed E-state index contributed by atoms with van der Waals surface area (Å²) in [6.07, 6.45) is -4.15. The van der Waals surface area contributed by atoms with Crippen LogP contribution < -0.4 is 15.4 Å². The molecule has 4 rings (SSSR count). The Morgan fingerprint density at radius 2 is 1.42 bits per heavy atom. The monoisotopic (exact) mass is 535 g/mol. The van der Waals surface area contributed by atoms with E-state index in [9.17, 15) is 18.0 Å². The van der Waals surface area contributed by atoms with E-state index in [0.29, 0.717) is 39.5 Å². The number of alkyl halides is 3. The molecule has 9 heteroatoms. The Labute approximate surface area is 222 Å². The van der Waals surface area contributed by atoms with Crippen molar-refractivity contribution in [2.24, 2.45) is 0 Å². The molecule has 0 fully saturated rings. The molecule has 0 spiro atoms. The first-order valence-corrected chi connectivity index (χ1v) is 11.7. The maximum atomic E-state index is 13.1. The van der Waals surface area contributed by atoms with Crippen molar-refractivity contribution in [2.75, 3.05) is 10.6 Å². The van der Waals surface area contributed by atoms with Crippen molar-refractivity contribution in [3.8, 4) is 11.5 Å². The van der Waals surface area contributed by atoms with Crippen molar-refractivity contribution in [2.45, 2.75) is 6.18 Å². The molecule has 192 valence electrons. The van der Waals surface area contributed by atoms with Gasteiger partial charge in [0.25, 0.3) is 5.91 Å². The summed E-state index contributed by atoms with van der Waals surface area (Å²) in [4.78, 5) is 12.8. The molecule has 0 aliphatic carbocycles. The van der Waals surface area contributed by atoms with E-state index in [1.807, 2.05) is 30.3 Å². The van der Waals surface area contributed by atoms with E-state index < -0.39 is 17.8 Å². The van der Waals surface area contributed by atoms with Crippen molar-refractivity contribution in [1.29, 1.82) is 5.41 Å². The van der Waals surface area contributed by atoms with Crippen LogP contribution in [0.2, 0.25) is 5.02 Å². The van der Waals surface area contributed by atoms with E-state index >= 15 is 0 Å². The van der Waals surface area contributed by atoms with Gasteiger partial charge in [0.1, 0.15) is 17.2 Å². The number of anilines is 2. The number of benzene rings is 4. The zero-order chi connectivity index (χ0) is 27.1. The number of nitrogens with one attached hydrogen (secondary N) is 3. The van der Waals surface area contributed by atoms with E-state index in [1.165, 1.54) is 24.3 Å². The molecule has 0 saturated heterocycles. The molecule has 38 heavy (non-hydrogen) atoms. The summed E-state index contributed by atoms with van der Waals surface area (Å²) < 4.78 is 45.0. The molecule has 0 atom stereocenters. The maximum Gasteiger partial charge on any atom is 0.432 e. The van der Waals surface area contributed by atoms with E-state index in [0.717, 1.165) is 0 Å². The molecule has 0 heterocycles. The SMILES string of the molecule is N=C(/C=C(\Nc1ccccc1Cl)c1ccc(C(=O)Nc2cccc(Oc3ccccc3)c2)cc1)C(F)(F)F. The number of ether oxygens (including phenoxy) is 1. The number of para-hydroxylation sites is 2. The van der Waals surface area contributed by atoms with E-state index in [2.05, 4.69) is 10.6 Å². The van der Waals surface area contributed by atoms with Crippen LogP contribution in [-0.2, 0) is 0 Å². The van der Waals surface area contributed by atoms with Crippen LogP contribution >= 0.6 is 11.6 Å². The van der Waals surface area contributed by atoms with Gasteiger partial charge in [0, 0.05) is 23.0 Å². The van der Waals surface area contributed by atoms with Gasteiger partial charge in [0.15, 0.2) is 0 Å². The molecule has 4 aromatic rings. The highest BCUT2D eigenvalue weighted by atomic mass is 35.5. The maximum absolute atomic E-state index is 13.1. The molecule has 0 aliphatic heterocycles. The second kappa shape index (κ2) is 11.7. The minimum atomic E-state index is -4.83. The Bertz CT molecular complexity index is 1470. The minimum Gasteiger partial charge on any atom is -0.457 e. The topological polar surface area (TPSA) is 74.2 Å². The van der Waals surface area contributed by atoms with Crippen molar-refractivity contribution in [3.05, 3.63) is 125 Å². The van der Waals surface area contributed by atoms with Crippen molar-refractivity contribution in [1.82, 2.24) is 0 Å². The van der Waals surface area contributed by atoms with Gasteiger partial charge in [-0.1, -0.05) is 60.1 Å². The number of amides is 1. The zero-order valence-corrected chi connectivity index (χ0v) is 20.5. The quantitative estimate of drug-likeness (QED) is 0.198. The lowest BCUT2D eigenvalue weighted by atomic mass is 10.1. The average Bonchev–Trinajstić information content (AvgIpc) is 2.90. The molecule has 0 bridgehead atoms. The van der Waals surface area contributed by atoms with Gasteiger partial charge in [-0.2, -0.15) is 13.2 Å². The minimum absolute atomic E-state index is 0.00172. The second-order valence-electron chi connectivity index (χ2n) is 8.05. The van der Waals surface area contributed by atoms with Crippen molar-refractivity contribution >= 4 is 40.3 Å². The third-order valence-electron chi connectivity index (χ3n) is 5.27. The van der Waals surface area contributed by atoms with Crippen LogP contribution in [0.25, 0.3) is 5.70 Å². The highest BCUT2D eigenvalue weighted by Gasteiger charge is 2.33. The van der Waals surface area contributed by atoms with Gasteiger partial charge >= 0.3 is 6.18 Å². The fourth-order valence-electron chi connectivity index (χ4n) is 3.39. The first kappa shape index (κ1) is 26.5. The Hall–Kier alpha value is -4.56. The molecule has 4 aromatic carbocycles. The number of carbonyl (C=O) groups excluding carboxylic acids is 1. The van der Waals surface area contributed by atoms with E-state index in [4.69, 9.17) is 21.7 Å². The lowest BCUT2D eigenvalue weighted by Gasteiger charge is -2.15. The molecule has 0 aromatic heterocycles. The molecule has 1 amide bonds. The average molecular weight is 536 g/mol. The number of allylic oxidation sites excluding steroid dienone is 1. The number of hydrogen-bond donors (Lipinski definition) is 3. The van der Waals surface area contributed by atoms with Gasteiger partial charge in [0.05, 0.1) is 10.7 Å². The summed E-state index contributed by atoms with van der Waals surface area (Å²) in [7, 11) is 0. The second-order valence-corrected chi connectivity index (χ2v) is 8.46. The molecule has 0 aliphatic rings. The van der Waals surface area contributed by atoms with Crippen LogP contribution in [0.15, 0.2) is 109 Å². The fourth-order valence-corrected chi connectivity index (χ4v) is 3.57. The molecule has 5 nitrogen and oxygen atoms in total. The number of carbonyl (C=O) groups is 1. The van der Waals surface area contributed by atoms with Crippen LogP contribution in [0.3, 0.4) is 0 Å². The van der Waals surface area contributed by atoms with Crippen LogP contribution in [-0.4, -0.2) is 17.8 Å². The van der Waals surface area contributed by atoms with Gasteiger partial charge in [0.2, 0.25) is 0 Å². The van der Waals surface area contributed by atoms with Crippen LogP contribution in [0.1, 0.15) is 15.9 Å². The summed E-state index contributed by atoms with van der Waals surface area (Å²) in [6.45, 7) is 0. The third-order valence-corrected chi connectivity index (χ3v) is 5.60. The molecular weight excluding hydrogens is 515 g/mol. The molecule has 3 N–H and O–H groups in total. The number of halogens is 4. The lowest BCUT2D eigenvalue weighted by Crippen LogP contribution is -2.20. The summed E-state index contributed by atoms with van der Waals surface area (Å²) >= 11 is 6.15. The number of rotatable bonds is 8. The summed E-state index contributed by atoms with van der Waals surface area (Å²) in [6, 6.07) is 28.6. The molecule has 0 saturated carbocycles. The van der Waals surface area contributed by atoms with Gasteiger partial charge in [-0.3, -0.25) is 10.2 Å². The Morgan fingerprint density at radius 3 is 2.11 bits per heavy atom. The lowest BCUT2D eigenvalue weighted by molar-refractivity contribution is -0.0583. The van der Waals surface area contributed by atoms with E-state index in [-0.39, 0.29) is 11.3 Å². The smallest absolute Gasteiger partial charge is 0.432 e. The summed E-state index contributed by atoms with van der Waals surface area (Å²) in [5.41, 5.74) is -0.0496. The van der Waals surface area contributed by atoms with E-state index in [1.54, 1.807) is 48.5 Å².